The van der Waals surface area contributed by atoms with Crippen molar-refractivity contribution in [2.75, 3.05) is 6.54 Å². The van der Waals surface area contributed by atoms with Gasteiger partial charge in [-0.2, -0.15) is 0 Å². The van der Waals surface area contributed by atoms with E-state index in [1.807, 2.05) is 49.4 Å². The van der Waals surface area contributed by atoms with E-state index in [0.29, 0.717) is 13.0 Å². The number of carbonyl (C=O) groups is 1. The summed E-state index contributed by atoms with van der Waals surface area (Å²) in [5, 5.41) is 2.99. The fourth-order valence-corrected chi connectivity index (χ4v) is 3.06. The summed E-state index contributed by atoms with van der Waals surface area (Å²) in [6.07, 6.45) is 1.30. The van der Waals surface area contributed by atoms with Crippen LogP contribution >= 0.6 is 15.9 Å². The van der Waals surface area contributed by atoms with Crippen LogP contribution in [0.2, 0.25) is 0 Å². The van der Waals surface area contributed by atoms with Crippen molar-refractivity contribution in [3.8, 4) is 0 Å². The summed E-state index contributed by atoms with van der Waals surface area (Å²) in [4.78, 5) is 16.6. The number of aromatic nitrogens is 2. The summed E-state index contributed by atoms with van der Waals surface area (Å²) in [6.45, 7) is 3.54. The fourth-order valence-electron chi connectivity index (χ4n) is 2.79. The number of nitrogens with one attached hydrogen (secondary N) is 1. The smallest absolute Gasteiger partial charge is 0.224 e. The van der Waals surface area contributed by atoms with E-state index >= 15 is 0 Å². The second-order valence-corrected chi connectivity index (χ2v) is 6.72. The molecule has 5 heteroatoms. The summed E-state index contributed by atoms with van der Waals surface area (Å²) in [7, 11) is 0. The number of nitrogens with zero attached hydrogens (tertiary/aromatic N) is 2. The zero-order valence-corrected chi connectivity index (χ0v) is 15.2. The minimum atomic E-state index is 0.0598. The lowest BCUT2D eigenvalue weighted by atomic mass is 10.1. The number of halogens is 1. The molecule has 0 fully saturated rings. The van der Waals surface area contributed by atoms with Crippen molar-refractivity contribution >= 4 is 32.9 Å². The zero-order valence-electron chi connectivity index (χ0n) is 13.6. The standard InChI is InChI=1S/C19H20BrN3O/c1-14-22-17-5-2-3-6-18(17)23(14)12-4-11-21-19(24)13-15-7-9-16(20)10-8-15/h2-3,5-10H,4,11-13H2,1H3,(H,21,24). The van der Waals surface area contributed by atoms with Crippen LogP contribution < -0.4 is 5.32 Å². The Kier molecular flexibility index (Phi) is 5.30. The number of rotatable bonds is 6. The third-order valence-corrected chi connectivity index (χ3v) is 4.53. The first-order valence-corrected chi connectivity index (χ1v) is 8.86. The Hall–Kier alpha value is -2.14. The van der Waals surface area contributed by atoms with Gasteiger partial charge in [-0.1, -0.05) is 40.2 Å². The normalized spacial score (nSPS) is 10.9. The molecule has 0 saturated heterocycles. The average Bonchev–Trinajstić information content (AvgIpc) is 2.89. The lowest BCUT2D eigenvalue weighted by Gasteiger charge is -2.08. The third kappa shape index (κ3) is 4.03. The minimum Gasteiger partial charge on any atom is -0.356 e. The molecule has 0 radical (unpaired) electrons. The Morgan fingerprint density at radius 1 is 1.17 bits per heavy atom. The predicted molar refractivity (Wildman–Crippen MR) is 99.9 cm³/mol. The summed E-state index contributed by atoms with van der Waals surface area (Å²) in [5.41, 5.74) is 3.19. The Balaban J connectivity index is 1.48. The van der Waals surface area contributed by atoms with Crippen LogP contribution in [0, 0.1) is 6.92 Å². The molecule has 1 heterocycles. The lowest BCUT2D eigenvalue weighted by Crippen LogP contribution is -2.26. The van der Waals surface area contributed by atoms with Crippen molar-refractivity contribution in [2.24, 2.45) is 0 Å². The van der Waals surface area contributed by atoms with Crippen LogP contribution in [-0.2, 0) is 17.8 Å². The number of fused-ring (bicyclic) bond motifs is 1. The molecule has 1 amide bonds. The average molecular weight is 386 g/mol. The molecular weight excluding hydrogens is 366 g/mol. The number of para-hydroxylation sites is 2. The molecule has 24 heavy (non-hydrogen) atoms. The molecule has 0 spiro atoms. The van der Waals surface area contributed by atoms with Gasteiger partial charge in [0.05, 0.1) is 17.5 Å². The Morgan fingerprint density at radius 2 is 1.92 bits per heavy atom. The second kappa shape index (κ2) is 7.62. The highest BCUT2D eigenvalue weighted by atomic mass is 79.9. The van der Waals surface area contributed by atoms with Crippen LogP contribution in [0.1, 0.15) is 17.8 Å². The van der Waals surface area contributed by atoms with Crippen LogP contribution in [0.25, 0.3) is 11.0 Å². The molecule has 0 aliphatic heterocycles. The fraction of sp³-hybridized carbons (Fsp3) is 0.263. The van der Waals surface area contributed by atoms with Gasteiger partial charge in [-0.25, -0.2) is 4.98 Å². The third-order valence-electron chi connectivity index (χ3n) is 4.00. The van der Waals surface area contributed by atoms with Crippen molar-refractivity contribution in [3.63, 3.8) is 0 Å². The second-order valence-electron chi connectivity index (χ2n) is 5.81. The summed E-state index contributed by atoms with van der Waals surface area (Å²) >= 11 is 3.40. The highest BCUT2D eigenvalue weighted by Crippen LogP contribution is 2.15. The van der Waals surface area contributed by atoms with Gasteiger partial charge >= 0.3 is 0 Å². The number of imidazole rings is 1. The zero-order chi connectivity index (χ0) is 16.9. The van der Waals surface area contributed by atoms with Gasteiger partial charge in [-0.3, -0.25) is 4.79 Å². The SMILES string of the molecule is Cc1nc2ccccc2n1CCCNC(=O)Cc1ccc(Br)cc1. The van der Waals surface area contributed by atoms with Crippen molar-refractivity contribution in [3.05, 3.63) is 64.4 Å². The maximum atomic E-state index is 12.0. The van der Waals surface area contributed by atoms with Crippen molar-refractivity contribution in [1.29, 1.82) is 0 Å². The number of benzene rings is 2. The molecule has 4 nitrogen and oxygen atoms in total. The molecule has 0 aliphatic carbocycles. The number of carbonyl (C=O) groups excluding carboxylic acids is 1. The van der Waals surface area contributed by atoms with E-state index in [1.54, 1.807) is 0 Å². The largest absolute Gasteiger partial charge is 0.356 e. The maximum Gasteiger partial charge on any atom is 0.224 e. The molecule has 3 aromatic rings. The topological polar surface area (TPSA) is 46.9 Å². The molecule has 1 N–H and O–H groups in total. The lowest BCUT2D eigenvalue weighted by molar-refractivity contribution is -0.120. The van der Waals surface area contributed by atoms with Crippen molar-refractivity contribution < 1.29 is 4.79 Å². The first kappa shape index (κ1) is 16.7. The van der Waals surface area contributed by atoms with E-state index in [-0.39, 0.29) is 5.91 Å². The van der Waals surface area contributed by atoms with Gasteiger partial charge in [-0.15, -0.1) is 0 Å². The van der Waals surface area contributed by atoms with Crippen LogP contribution in [0.3, 0.4) is 0 Å². The summed E-state index contributed by atoms with van der Waals surface area (Å²) < 4.78 is 3.23. The van der Waals surface area contributed by atoms with Crippen LogP contribution in [0.15, 0.2) is 53.0 Å². The van der Waals surface area contributed by atoms with Crippen molar-refractivity contribution in [1.82, 2.24) is 14.9 Å². The van der Waals surface area contributed by atoms with Gasteiger partial charge in [0.25, 0.3) is 0 Å². The molecule has 1 aromatic heterocycles. The van der Waals surface area contributed by atoms with Crippen LogP contribution in [0.5, 0.6) is 0 Å². The minimum absolute atomic E-state index is 0.0598. The molecule has 0 bridgehead atoms. The quantitative estimate of drug-likeness (QED) is 0.654. The summed E-state index contributed by atoms with van der Waals surface area (Å²) in [5.74, 6) is 1.07. The van der Waals surface area contributed by atoms with Gasteiger partial charge < -0.3 is 9.88 Å². The van der Waals surface area contributed by atoms with Gasteiger partial charge in [0.1, 0.15) is 5.82 Å². The van der Waals surface area contributed by atoms with Gasteiger partial charge in [0, 0.05) is 17.6 Å². The van der Waals surface area contributed by atoms with E-state index in [1.165, 1.54) is 0 Å². The first-order chi connectivity index (χ1) is 11.6. The Bertz CT molecular complexity index is 839. The molecule has 0 aliphatic rings. The van der Waals surface area contributed by atoms with E-state index in [0.717, 1.165) is 39.9 Å². The number of aryl methyl sites for hydroxylation is 2. The van der Waals surface area contributed by atoms with E-state index in [4.69, 9.17) is 0 Å². The molecule has 3 rings (SSSR count). The molecular formula is C19H20BrN3O. The summed E-state index contributed by atoms with van der Waals surface area (Å²) in [6, 6.07) is 16.0. The molecule has 124 valence electrons. The Morgan fingerprint density at radius 3 is 2.71 bits per heavy atom. The molecule has 0 atom stereocenters. The highest BCUT2D eigenvalue weighted by molar-refractivity contribution is 9.10. The van der Waals surface area contributed by atoms with Crippen LogP contribution in [0.4, 0.5) is 0 Å². The first-order valence-electron chi connectivity index (χ1n) is 8.06. The van der Waals surface area contributed by atoms with E-state index in [9.17, 15) is 4.79 Å². The van der Waals surface area contributed by atoms with E-state index < -0.39 is 0 Å². The van der Waals surface area contributed by atoms with Gasteiger partial charge in [0.2, 0.25) is 5.91 Å². The van der Waals surface area contributed by atoms with E-state index in [2.05, 4.69) is 36.9 Å². The van der Waals surface area contributed by atoms with Crippen LogP contribution in [-0.4, -0.2) is 22.0 Å². The monoisotopic (exact) mass is 385 g/mol. The van der Waals surface area contributed by atoms with Gasteiger partial charge in [-0.05, 0) is 43.2 Å². The maximum absolute atomic E-state index is 12.0. The van der Waals surface area contributed by atoms with Gasteiger partial charge in [0.15, 0.2) is 0 Å². The number of hydrogen-bond donors (Lipinski definition) is 1. The highest BCUT2D eigenvalue weighted by Gasteiger charge is 2.07. The number of hydrogen-bond acceptors (Lipinski definition) is 2. The molecule has 0 saturated carbocycles. The van der Waals surface area contributed by atoms with Crippen molar-refractivity contribution in [2.45, 2.75) is 26.3 Å². The predicted octanol–water partition coefficient (Wildman–Crippen LogP) is 3.86. The molecule has 0 unspecified atom stereocenters. The Labute approximate surface area is 150 Å². The number of amides is 1. The molecule has 2 aromatic carbocycles.